The third-order valence-corrected chi connectivity index (χ3v) is 13.7. The highest BCUT2D eigenvalue weighted by atomic mass is 32.2. The van der Waals surface area contributed by atoms with Crippen LogP contribution in [0.1, 0.15) is 49.1 Å². The fourth-order valence-electron chi connectivity index (χ4n) is 4.71. The molecule has 0 saturated heterocycles. The van der Waals surface area contributed by atoms with Gasteiger partial charge in [0.2, 0.25) is 0 Å². The van der Waals surface area contributed by atoms with Crippen LogP contribution in [0, 0.1) is 17.7 Å². The highest BCUT2D eigenvalue weighted by molar-refractivity contribution is 8.03. The molecule has 4 rings (SSSR count). The lowest BCUT2D eigenvalue weighted by atomic mass is 9.68. The first-order chi connectivity index (χ1) is 18.5. The van der Waals surface area contributed by atoms with Crippen LogP contribution in [-0.4, -0.2) is 34.0 Å². The molecule has 0 saturated carbocycles. The van der Waals surface area contributed by atoms with E-state index in [1.807, 2.05) is 24.5 Å². The van der Waals surface area contributed by atoms with Gasteiger partial charge in [-0.15, -0.1) is 11.8 Å². The predicted molar refractivity (Wildman–Crippen MR) is 167 cm³/mol. The SMILES string of the molecule is CN(C)c1ccccc1C1=CSC(c2ccc(F)cc2)C1(C#CCCO[Si](C)(C)C(C)(C)C)c1ccncc1. The highest BCUT2D eigenvalue weighted by Gasteiger charge is 2.48. The summed E-state index contributed by atoms with van der Waals surface area (Å²) in [6.45, 7) is 11.9. The first-order valence-electron chi connectivity index (χ1n) is 13.4. The second kappa shape index (κ2) is 11.7. The Hall–Kier alpha value is -2.85. The van der Waals surface area contributed by atoms with Crippen LogP contribution < -0.4 is 4.90 Å². The third-order valence-electron chi connectivity index (χ3n) is 7.91. The van der Waals surface area contributed by atoms with Crippen LogP contribution in [0.5, 0.6) is 0 Å². The van der Waals surface area contributed by atoms with Crippen molar-refractivity contribution >= 4 is 31.3 Å². The Kier molecular flexibility index (Phi) is 8.75. The van der Waals surface area contributed by atoms with Gasteiger partial charge < -0.3 is 9.33 Å². The number of thioether (sulfide) groups is 1. The molecule has 2 unspecified atom stereocenters. The van der Waals surface area contributed by atoms with Gasteiger partial charge in [-0.1, -0.05) is 62.9 Å². The number of aromatic nitrogens is 1. The van der Waals surface area contributed by atoms with Gasteiger partial charge in [0.15, 0.2) is 8.32 Å². The minimum Gasteiger partial charge on any atom is -0.416 e. The number of pyridine rings is 1. The van der Waals surface area contributed by atoms with Gasteiger partial charge in [0.1, 0.15) is 5.82 Å². The molecule has 0 bridgehead atoms. The number of benzene rings is 2. The molecular formula is C33H39FN2OSSi. The maximum Gasteiger partial charge on any atom is 0.192 e. The van der Waals surface area contributed by atoms with Crippen LogP contribution in [-0.2, 0) is 9.84 Å². The first-order valence-corrected chi connectivity index (χ1v) is 17.3. The monoisotopic (exact) mass is 558 g/mol. The summed E-state index contributed by atoms with van der Waals surface area (Å²) >= 11 is 1.75. The lowest BCUT2D eigenvalue weighted by molar-refractivity contribution is 0.296. The average Bonchev–Trinajstić information content (AvgIpc) is 3.28. The zero-order valence-corrected chi connectivity index (χ0v) is 25.9. The summed E-state index contributed by atoms with van der Waals surface area (Å²) in [5.74, 6) is 7.07. The van der Waals surface area contributed by atoms with Crippen LogP contribution in [0.3, 0.4) is 0 Å². The summed E-state index contributed by atoms with van der Waals surface area (Å²) in [5, 5.41) is 2.34. The molecule has 0 aliphatic carbocycles. The molecule has 0 fully saturated rings. The van der Waals surface area contributed by atoms with Gasteiger partial charge in [0, 0.05) is 50.8 Å². The van der Waals surface area contributed by atoms with Crippen molar-refractivity contribution in [1.82, 2.24) is 4.98 Å². The first kappa shape index (κ1) is 29.1. The minimum absolute atomic E-state index is 0.0560. The molecule has 1 aliphatic heterocycles. The van der Waals surface area contributed by atoms with E-state index in [9.17, 15) is 4.39 Å². The van der Waals surface area contributed by atoms with E-state index in [2.05, 4.69) is 111 Å². The van der Waals surface area contributed by atoms with E-state index < -0.39 is 13.7 Å². The second-order valence-corrected chi connectivity index (χ2v) is 17.5. The number of rotatable bonds is 7. The number of para-hydroxylation sites is 1. The highest BCUT2D eigenvalue weighted by Crippen LogP contribution is 2.60. The van der Waals surface area contributed by atoms with E-state index in [-0.39, 0.29) is 16.1 Å². The van der Waals surface area contributed by atoms with Crippen molar-refractivity contribution in [2.75, 3.05) is 25.6 Å². The Morgan fingerprint density at radius 3 is 2.33 bits per heavy atom. The van der Waals surface area contributed by atoms with Gasteiger partial charge >= 0.3 is 0 Å². The van der Waals surface area contributed by atoms with Gasteiger partial charge in [-0.2, -0.15) is 0 Å². The summed E-state index contributed by atoms with van der Waals surface area (Å²) in [7, 11) is 2.27. The molecule has 2 atom stereocenters. The van der Waals surface area contributed by atoms with E-state index >= 15 is 0 Å². The van der Waals surface area contributed by atoms with Gasteiger partial charge in [-0.3, -0.25) is 4.98 Å². The van der Waals surface area contributed by atoms with Crippen molar-refractivity contribution in [3.05, 3.63) is 101 Å². The van der Waals surface area contributed by atoms with Crippen molar-refractivity contribution in [3.63, 3.8) is 0 Å². The molecule has 0 amide bonds. The molecule has 3 nitrogen and oxygen atoms in total. The Balaban J connectivity index is 1.84. The van der Waals surface area contributed by atoms with Gasteiger partial charge in [0.05, 0.1) is 10.7 Å². The molecule has 0 N–H and O–H groups in total. The van der Waals surface area contributed by atoms with Crippen LogP contribution in [0.25, 0.3) is 5.57 Å². The predicted octanol–water partition coefficient (Wildman–Crippen LogP) is 8.47. The average molecular weight is 559 g/mol. The quantitative estimate of drug-likeness (QED) is 0.165. The lowest BCUT2D eigenvalue weighted by Gasteiger charge is -2.36. The fraction of sp³-hybridized carbons (Fsp3) is 0.364. The molecule has 1 aromatic heterocycles. The van der Waals surface area contributed by atoms with Crippen molar-refractivity contribution in [2.24, 2.45) is 0 Å². The Labute approximate surface area is 239 Å². The van der Waals surface area contributed by atoms with Gasteiger partial charge in [-0.25, -0.2) is 4.39 Å². The number of nitrogens with zero attached hydrogens (tertiary/aromatic N) is 2. The van der Waals surface area contributed by atoms with Crippen molar-refractivity contribution in [3.8, 4) is 11.8 Å². The molecule has 2 heterocycles. The molecule has 2 aromatic carbocycles. The maximum absolute atomic E-state index is 14.0. The molecule has 0 spiro atoms. The summed E-state index contributed by atoms with van der Waals surface area (Å²) in [4.78, 5) is 6.46. The Morgan fingerprint density at radius 1 is 1.03 bits per heavy atom. The molecule has 6 heteroatoms. The molecular weight excluding hydrogens is 520 g/mol. The summed E-state index contributed by atoms with van der Waals surface area (Å²) < 4.78 is 20.4. The largest absolute Gasteiger partial charge is 0.416 e. The molecule has 204 valence electrons. The molecule has 39 heavy (non-hydrogen) atoms. The van der Waals surface area contributed by atoms with E-state index in [1.54, 1.807) is 23.9 Å². The van der Waals surface area contributed by atoms with Crippen molar-refractivity contribution in [1.29, 1.82) is 0 Å². The molecule has 3 aromatic rings. The minimum atomic E-state index is -1.86. The van der Waals surface area contributed by atoms with Crippen molar-refractivity contribution < 1.29 is 8.82 Å². The number of hydrogen-bond donors (Lipinski definition) is 0. The van der Waals surface area contributed by atoms with E-state index in [1.165, 1.54) is 0 Å². The smallest absolute Gasteiger partial charge is 0.192 e. The van der Waals surface area contributed by atoms with Crippen LogP contribution in [0.15, 0.2) is 78.5 Å². The zero-order chi connectivity index (χ0) is 28.3. The van der Waals surface area contributed by atoms with Crippen LogP contribution in [0.4, 0.5) is 10.1 Å². The van der Waals surface area contributed by atoms with Gasteiger partial charge in [0.25, 0.3) is 0 Å². The number of anilines is 1. The maximum atomic E-state index is 14.0. The second-order valence-electron chi connectivity index (χ2n) is 11.7. The summed E-state index contributed by atoms with van der Waals surface area (Å²) in [5.41, 5.74) is 4.88. The van der Waals surface area contributed by atoms with E-state index in [4.69, 9.17) is 4.43 Å². The Bertz CT molecular complexity index is 1370. The standard InChI is InChI=1S/C33H39FN2OSSi/c1-32(2,3)39(6,7)37-23-11-10-20-33(26-18-21-35-22-19-26)29(28-12-8-9-13-30(28)36(4)5)24-38-31(33)25-14-16-27(34)17-15-25/h8-9,12-19,21-22,24,31H,11,23H2,1-7H3. The number of hydrogen-bond acceptors (Lipinski definition) is 4. The summed E-state index contributed by atoms with van der Waals surface area (Å²) in [6.07, 6.45) is 4.31. The van der Waals surface area contributed by atoms with Gasteiger partial charge in [-0.05, 0) is 70.6 Å². The fourth-order valence-corrected chi connectivity index (χ4v) is 7.18. The topological polar surface area (TPSA) is 25.4 Å². The zero-order valence-electron chi connectivity index (χ0n) is 24.1. The third kappa shape index (κ3) is 6.01. The van der Waals surface area contributed by atoms with Crippen LogP contribution >= 0.6 is 11.8 Å². The van der Waals surface area contributed by atoms with E-state index in [0.717, 1.165) is 28.0 Å². The normalized spacial score (nSPS) is 19.3. The molecule has 1 aliphatic rings. The number of allylic oxidation sites excluding steroid dienone is 1. The van der Waals surface area contributed by atoms with Crippen LogP contribution in [0.2, 0.25) is 18.1 Å². The Morgan fingerprint density at radius 2 is 1.69 bits per heavy atom. The summed E-state index contributed by atoms with van der Waals surface area (Å²) in [6, 6.07) is 19.5. The lowest BCUT2D eigenvalue weighted by Crippen LogP contribution is -2.40. The van der Waals surface area contributed by atoms with E-state index in [0.29, 0.717) is 13.0 Å². The number of halogens is 1. The molecule has 0 radical (unpaired) electrons. The van der Waals surface area contributed by atoms with Crippen molar-refractivity contribution in [2.45, 2.75) is 56.0 Å².